The summed E-state index contributed by atoms with van der Waals surface area (Å²) in [5.41, 5.74) is 3.74. The number of hydrogen-bond acceptors (Lipinski definition) is 3. The Labute approximate surface area is 175 Å². The lowest BCUT2D eigenvalue weighted by Crippen LogP contribution is -2.38. The highest BCUT2D eigenvalue weighted by Gasteiger charge is 2.27. The zero-order valence-electron chi connectivity index (χ0n) is 17.3. The second-order valence-electron chi connectivity index (χ2n) is 8.19. The molecule has 4 aromatic rings. The molecule has 30 heavy (non-hydrogen) atoms. The number of H-pyrrole nitrogens is 1. The van der Waals surface area contributed by atoms with Crippen molar-refractivity contribution in [2.75, 3.05) is 7.11 Å². The Balaban J connectivity index is 1.33. The van der Waals surface area contributed by atoms with E-state index in [1.54, 1.807) is 7.11 Å². The van der Waals surface area contributed by atoms with E-state index in [1.165, 1.54) is 0 Å². The maximum Gasteiger partial charge on any atom is 0.268 e. The van der Waals surface area contributed by atoms with Crippen molar-refractivity contribution >= 4 is 27.8 Å². The lowest BCUT2D eigenvalue weighted by atomic mass is 9.85. The molecule has 1 fully saturated rings. The van der Waals surface area contributed by atoms with Crippen LogP contribution in [0.4, 0.5) is 0 Å². The van der Waals surface area contributed by atoms with E-state index in [-0.39, 0.29) is 11.9 Å². The zero-order valence-corrected chi connectivity index (χ0v) is 17.3. The molecular weight excluding hydrogens is 376 g/mol. The van der Waals surface area contributed by atoms with Gasteiger partial charge >= 0.3 is 0 Å². The molecule has 0 spiro atoms. The number of carbonyl (C=O) groups excluding carboxylic acids is 1. The van der Waals surface area contributed by atoms with Gasteiger partial charge < -0.3 is 19.6 Å². The maximum absolute atomic E-state index is 13.1. The van der Waals surface area contributed by atoms with Crippen LogP contribution < -0.4 is 10.1 Å². The normalized spacial score (nSPS) is 19.3. The van der Waals surface area contributed by atoms with E-state index < -0.39 is 0 Å². The Hall–Kier alpha value is -3.28. The molecule has 1 unspecified atom stereocenters. The van der Waals surface area contributed by atoms with Crippen LogP contribution in [-0.4, -0.2) is 33.6 Å². The predicted octanol–water partition coefficient (Wildman–Crippen LogP) is 4.52. The molecule has 1 aliphatic rings. The van der Waals surface area contributed by atoms with E-state index in [1.807, 2.05) is 54.1 Å². The summed E-state index contributed by atoms with van der Waals surface area (Å²) in [6.45, 7) is 0. The minimum absolute atomic E-state index is 0.0251. The van der Waals surface area contributed by atoms with Gasteiger partial charge in [-0.2, -0.15) is 0 Å². The molecule has 0 saturated heterocycles. The van der Waals surface area contributed by atoms with Crippen LogP contribution in [0.1, 0.15) is 47.9 Å². The fourth-order valence-corrected chi connectivity index (χ4v) is 4.65. The highest BCUT2D eigenvalue weighted by molar-refractivity contribution is 5.99. The number of aromatic nitrogens is 3. The number of aromatic amines is 1. The van der Waals surface area contributed by atoms with Crippen molar-refractivity contribution in [2.24, 2.45) is 7.05 Å². The molecule has 0 bridgehead atoms. The summed E-state index contributed by atoms with van der Waals surface area (Å²) < 4.78 is 7.26. The molecule has 2 heterocycles. The van der Waals surface area contributed by atoms with Gasteiger partial charge in [-0.3, -0.25) is 4.79 Å². The number of ether oxygens (including phenoxy) is 1. The van der Waals surface area contributed by atoms with E-state index in [0.717, 1.165) is 59.2 Å². The Kier molecular flexibility index (Phi) is 4.69. The van der Waals surface area contributed by atoms with Gasteiger partial charge in [0.15, 0.2) is 0 Å². The lowest BCUT2D eigenvalue weighted by molar-refractivity contribution is 0.0917. The monoisotopic (exact) mass is 402 g/mol. The fourth-order valence-electron chi connectivity index (χ4n) is 4.65. The molecule has 1 saturated carbocycles. The van der Waals surface area contributed by atoms with Crippen molar-refractivity contribution in [3.63, 3.8) is 0 Å². The van der Waals surface area contributed by atoms with Crippen LogP contribution in [0.25, 0.3) is 21.9 Å². The van der Waals surface area contributed by atoms with Gasteiger partial charge in [0, 0.05) is 30.5 Å². The van der Waals surface area contributed by atoms with Crippen molar-refractivity contribution in [3.8, 4) is 5.75 Å². The van der Waals surface area contributed by atoms with E-state index in [4.69, 9.17) is 9.72 Å². The fraction of sp³-hybridized carbons (Fsp3) is 0.333. The second-order valence-corrected chi connectivity index (χ2v) is 8.19. The van der Waals surface area contributed by atoms with Crippen molar-refractivity contribution in [1.82, 2.24) is 19.9 Å². The first-order chi connectivity index (χ1) is 14.6. The molecule has 2 aromatic carbocycles. The number of benzene rings is 2. The first kappa shape index (κ1) is 18.7. The van der Waals surface area contributed by atoms with Crippen LogP contribution in [0.3, 0.4) is 0 Å². The highest BCUT2D eigenvalue weighted by atomic mass is 16.5. The third-order valence-electron chi connectivity index (χ3n) is 6.29. The molecular formula is C24H26N4O2. The number of hydrogen-bond donors (Lipinski definition) is 2. The maximum atomic E-state index is 13.1. The molecule has 154 valence electrons. The first-order valence-electron chi connectivity index (χ1n) is 10.5. The number of para-hydroxylation sites is 2. The van der Waals surface area contributed by atoms with Crippen LogP contribution >= 0.6 is 0 Å². The molecule has 0 aliphatic heterocycles. The Morgan fingerprint density at radius 2 is 2.07 bits per heavy atom. The second kappa shape index (κ2) is 7.52. The third kappa shape index (κ3) is 3.32. The third-order valence-corrected chi connectivity index (χ3v) is 6.29. The summed E-state index contributed by atoms with van der Waals surface area (Å²) in [7, 11) is 3.58. The SMILES string of the molecule is COc1ccc2cc(C(=O)N[C@H]3CCCC(c4nc5ccccc5[nH]4)C3)n(C)c2c1. The largest absolute Gasteiger partial charge is 0.497 e. The first-order valence-corrected chi connectivity index (χ1v) is 10.5. The van der Waals surface area contributed by atoms with Gasteiger partial charge in [0.05, 0.1) is 23.7 Å². The Morgan fingerprint density at radius 3 is 2.90 bits per heavy atom. The smallest absolute Gasteiger partial charge is 0.268 e. The number of imidazole rings is 1. The molecule has 2 aromatic heterocycles. The van der Waals surface area contributed by atoms with Crippen molar-refractivity contribution in [3.05, 3.63) is 60.0 Å². The molecule has 6 heteroatoms. The van der Waals surface area contributed by atoms with Crippen LogP contribution in [0.2, 0.25) is 0 Å². The van der Waals surface area contributed by atoms with Crippen molar-refractivity contribution in [1.29, 1.82) is 0 Å². The minimum atomic E-state index is -0.0251. The van der Waals surface area contributed by atoms with Gasteiger partial charge in [0.2, 0.25) is 0 Å². The van der Waals surface area contributed by atoms with Crippen molar-refractivity contribution in [2.45, 2.75) is 37.6 Å². The van der Waals surface area contributed by atoms with Crippen LogP contribution in [-0.2, 0) is 7.05 Å². The average molecular weight is 402 g/mol. The van der Waals surface area contributed by atoms with Gasteiger partial charge in [-0.15, -0.1) is 0 Å². The summed E-state index contributed by atoms with van der Waals surface area (Å²) in [5, 5.41) is 4.30. The topological polar surface area (TPSA) is 71.9 Å². The summed E-state index contributed by atoms with van der Waals surface area (Å²) in [5.74, 6) is 2.14. The van der Waals surface area contributed by atoms with Gasteiger partial charge in [-0.1, -0.05) is 18.6 Å². The lowest BCUT2D eigenvalue weighted by Gasteiger charge is -2.28. The molecule has 1 aliphatic carbocycles. The van der Waals surface area contributed by atoms with E-state index in [2.05, 4.69) is 16.4 Å². The van der Waals surface area contributed by atoms with E-state index in [9.17, 15) is 4.79 Å². The molecule has 2 N–H and O–H groups in total. The van der Waals surface area contributed by atoms with Crippen LogP contribution in [0, 0.1) is 0 Å². The summed E-state index contributed by atoms with van der Waals surface area (Å²) in [6, 6.07) is 16.1. The number of methoxy groups -OCH3 is 1. The molecule has 1 amide bonds. The van der Waals surface area contributed by atoms with Crippen LogP contribution in [0.5, 0.6) is 5.75 Å². The number of amides is 1. The Bertz CT molecular complexity index is 1190. The van der Waals surface area contributed by atoms with Gasteiger partial charge in [0.1, 0.15) is 17.3 Å². The quantitative estimate of drug-likeness (QED) is 0.527. The average Bonchev–Trinajstić information content (AvgIpc) is 3.35. The molecule has 5 rings (SSSR count). The van der Waals surface area contributed by atoms with Crippen molar-refractivity contribution < 1.29 is 9.53 Å². The zero-order chi connectivity index (χ0) is 20.7. The summed E-state index contributed by atoms with van der Waals surface area (Å²) in [4.78, 5) is 21.3. The number of carbonyl (C=O) groups is 1. The number of nitrogens with one attached hydrogen (secondary N) is 2. The number of fused-ring (bicyclic) bond motifs is 2. The molecule has 6 nitrogen and oxygen atoms in total. The molecule has 2 atom stereocenters. The number of rotatable bonds is 4. The standard InChI is InChI=1S/C24H26N4O2/c1-28-21-14-18(30-2)11-10-15(21)13-22(28)24(29)25-17-7-5-6-16(12-17)23-26-19-8-3-4-9-20(19)27-23/h3-4,8-11,13-14,16-17H,5-7,12H2,1-2H3,(H,25,29)(H,26,27)/t16?,17-/m0/s1. The minimum Gasteiger partial charge on any atom is -0.497 e. The predicted molar refractivity (Wildman–Crippen MR) is 118 cm³/mol. The molecule has 0 radical (unpaired) electrons. The summed E-state index contributed by atoms with van der Waals surface area (Å²) >= 11 is 0. The number of aryl methyl sites for hydroxylation is 1. The number of nitrogens with zero attached hydrogens (tertiary/aromatic N) is 2. The summed E-state index contributed by atoms with van der Waals surface area (Å²) in [6.07, 6.45) is 4.09. The van der Waals surface area contributed by atoms with E-state index in [0.29, 0.717) is 11.6 Å². The van der Waals surface area contributed by atoms with Crippen LogP contribution in [0.15, 0.2) is 48.5 Å². The van der Waals surface area contributed by atoms with E-state index >= 15 is 0 Å². The highest BCUT2D eigenvalue weighted by Crippen LogP contribution is 2.33. The van der Waals surface area contributed by atoms with Gasteiger partial charge in [0.25, 0.3) is 5.91 Å². The van der Waals surface area contributed by atoms with Gasteiger partial charge in [-0.05, 0) is 49.6 Å². The Morgan fingerprint density at radius 1 is 1.20 bits per heavy atom. The van der Waals surface area contributed by atoms with Gasteiger partial charge in [-0.25, -0.2) is 4.98 Å².